The van der Waals surface area contributed by atoms with Crippen LogP contribution in [0.2, 0.25) is 5.02 Å². The molecule has 0 atom stereocenters. The molecule has 0 radical (unpaired) electrons. The lowest BCUT2D eigenvalue weighted by Gasteiger charge is -2.10. The molecule has 0 aliphatic carbocycles. The largest absolute Gasteiger partial charge is 0.334 e. The van der Waals surface area contributed by atoms with Crippen molar-refractivity contribution in [3.05, 3.63) is 46.6 Å². The van der Waals surface area contributed by atoms with Gasteiger partial charge >= 0.3 is 11.8 Å². The van der Waals surface area contributed by atoms with Gasteiger partial charge in [0.05, 0.1) is 0 Å². The van der Waals surface area contributed by atoms with E-state index in [1.54, 1.807) is 34.5 Å². The summed E-state index contributed by atoms with van der Waals surface area (Å²) in [5, 5.41) is 5.93. The van der Waals surface area contributed by atoms with Crippen molar-refractivity contribution in [2.24, 2.45) is 0 Å². The topological polar surface area (TPSA) is 105 Å². The number of hydrogen-bond acceptors (Lipinski definition) is 7. The third kappa shape index (κ3) is 3.89. The number of nitrogens with one attached hydrogen (secondary N) is 1. The van der Waals surface area contributed by atoms with Crippen LogP contribution in [0.1, 0.15) is 23.5 Å². The number of benzene rings is 1. The number of likely N-dealkylation sites (tertiary alicyclic amines) is 1. The molecule has 2 aromatic heterocycles. The molecule has 3 heterocycles. The van der Waals surface area contributed by atoms with Gasteiger partial charge in [-0.25, -0.2) is 8.42 Å². The van der Waals surface area contributed by atoms with Crippen molar-refractivity contribution in [3.8, 4) is 11.4 Å². The molecule has 1 aliphatic rings. The number of thiophene rings is 1. The first-order chi connectivity index (χ1) is 13.4. The molecule has 0 saturated carbocycles. The summed E-state index contributed by atoms with van der Waals surface area (Å²) in [6.45, 7) is 1.35. The maximum Gasteiger partial charge on any atom is 0.316 e. The molecular weight excluding hydrogens is 424 g/mol. The Morgan fingerprint density at radius 3 is 2.64 bits per heavy atom. The van der Waals surface area contributed by atoms with Crippen LogP contribution in [-0.4, -0.2) is 42.5 Å². The highest BCUT2D eigenvalue weighted by molar-refractivity contribution is 7.94. The first-order valence-corrected chi connectivity index (χ1v) is 11.2. The van der Waals surface area contributed by atoms with Gasteiger partial charge < -0.3 is 9.42 Å². The number of nitrogens with zero attached hydrogens (tertiary/aromatic N) is 3. The smallest absolute Gasteiger partial charge is 0.316 e. The van der Waals surface area contributed by atoms with Gasteiger partial charge in [-0.3, -0.25) is 9.52 Å². The van der Waals surface area contributed by atoms with Gasteiger partial charge in [-0.1, -0.05) is 16.8 Å². The van der Waals surface area contributed by atoms with Gasteiger partial charge in [0.2, 0.25) is 5.82 Å². The number of carbonyl (C=O) groups is 1. The van der Waals surface area contributed by atoms with E-state index < -0.39 is 10.0 Å². The number of carbonyl (C=O) groups excluding carboxylic acids is 1. The molecular formula is C17H15ClN4O4S2. The Balaban J connectivity index is 1.52. The Morgan fingerprint density at radius 1 is 1.21 bits per heavy atom. The van der Waals surface area contributed by atoms with Crippen molar-refractivity contribution in [2.75, 3.05) is 17.8 Å². The maximum atomic E-state index is 12.6. The number of hydrogen-bond donors (Lipinski definition) is 1. The minimum Gasteiger partial charge on any atom is -0.334 e. The summed E-state index contributed by atoms with van der Waals surface area (Å²) < 4.78 is 32.8. The predicted molar refractivity (Wildman–Crippen MR) is 105 cm³/mol. The predicted octanol–water partition coefficient (Wildman–Crippen LogP) is 3.49. The van der Waals surface area contributed by atoms with Gasteiger partial charge in [0.15, 0.2) is 0 Å². The van der Waals surface area contributed by atoms with Crippen LogP contribution >= 0.6 is 22.9 Å². The fourth-order valence-corrected chi connectivity index (χ4v) is 5.12. The first kappa shape index (κ1) is 18.9. The number of aromatic nitrogens is 2. The molecule has 1 fully saturated rings. The molecule has 0 spiro atoms. The number of sulfonamides is 1. The fraction of sp³-hybridized carbons (Fsp3) is 0.235. The van der Waals surface area contributed by atoms with E-state index in [0.717, 1.165) is 24.2 Å². The van der Waals surface area contributed by atoms with E-state index in [2.05, 4.69) is 14.9 Å². The number of rotatable bonds is 5. The Kier molecular flexibility index (Phi) is 5.09. The normalized spacial score (nSPS) is 14.4. The van der Waals surface area contributed by atoms with E-state index in [4.69, 9.17) is 16.1 Å². The zero-order valence-corrected chi connectivity index (χ0v) is 16.9. The van der Waals surface area contributed by atoms with Crippen LogP contribution in [0.3, 0.4) is 0 Å². The van der Waals surface area contributed by atoms with E-state index in [1.165, 1.54) is 6.07 Å². The molecule has 1 N–H and O–H groups in total. The minimum absolute atomic E-state index is 0.0909. The first-order valence-electron chi connectivity index (χ1n) is 8.43. The zero-order chi connectivity index (χ0) is 19.7. The van der Waals surface area contributed by atoms with E-state index in [9.17, 15) is 13.2 Å². The van der Waals surface area contributed by atoms with Crippen LogP contribution in [0.5, 0.6) is 0 Å². The van der Waals surface area contributed by atoms with Crippen molar-refractivity contribution in [1.82, 2.24) is 15.0 Å². The molecule has 0 bridgehead atoms. The number of amides is 1. The highest BCUT2D eigenvalue weighted by Crippen LogP contribution is 2.28. The third-order valence-electron chi connectivity index (χ3n) is 4.20. The average Bonchev–Trinajstić information content (AvgIpc) is 3.42. The van der Waals surface area contributed by atoms with Crippen molar-refractivity contribution < 1.29 is 17.7 Å². The number of anilines is 1. The molecule has 3 aromatic rings. The quantitative estimate of drug-likeness (QED) is 0.653. The summed E-state index contributed by atoms with van der Waals surface area (Å²) >= 11 is 6.83. The van der Waals surface area contributed by atoms with Crippen molar-refractivity contribution in [2.45, 2.75) is 17.1 Å². The second-order valence-electron chi connectivity index (χ2n) is 6.19. The van der Waals surface area contributed by atoms with Crippen LogP contribution in [0.15, 0.2) is 44.4 Å². The van der Waals surface area contributed by atoms with Gasteiger partial charge in [-0.15, -0.1) is 11.3 Å². The Hall–Kier alpha value is -2.43. The van der Waals surface area contributed by atoms with Crippen molar-refractivity contribution in [1.29, 1.82) is 0 Å². The summed E-state index contributed by atoms with van der Waals surface area (Å²) in [6, 6.07) is 7.78. The van der Waals surface area contributed by atoms with Crippen LogP contribution in [-0.2, 0) is 10.0 Å². The van der Waals surface area contributed by atoms with Gasteiger partial charge in [0, 0.05) is 34.7 Å². The molecule has 8 nitrogen and oxygen atoms in total. The molecule has 1 aromatic carbocycles. The van der Waals surface area contributed by atoms with E-state index >= 15 is 0 Å². The Labute approximate surface area is 170 Å². The van der Waals surface area contributed by atoms with Crippen LogP contribution in [0.4, 0.5) is 5.69 Å². The standard InChI is InChI=1S/C17H15ClN4O4S2/c18-12-3-5-13(6-4-12)21-28(24,25)14-9-11(10-27-14)15-19-16(26-20-15)17(23)22-7-1-2-8-22/h3-6,9-10,21H,1-2,7-8H2. The monoisotopic (exact) mass is 438 g/mol. The zero-order valence-electron chi connectivity index (χ0n) is 14.5. The molecule has 4 rings (SSSR count). The maximum absolute atomic E-state index is 12.6. The van der Waals surface area contributed by atoms with Crippen molar-refractivity contribution in [3.63, 3.8) is 0 Å². The average molecular weight is 439 g/mol. The van der Waals surface area contributed by atoms with Gasteiger partial charge in [-0.05, 0) is 43.2 Å². The summed E-state index contributed by atoms with van der Waals surface area (Å²) in [5.41, 5.74) is 0.864. The van der Waals surface area contributed by atoms with Crippen LogP contribution in [0, 0.1) is 0 Å². The van der Waals surface area contributed by atoms with E-state index in [-0.39, 0.29) is 21.8 Å². The van der Waals surface area contributed by atoms with E-state index in [1.807, 2.05) is 0 Å². The molecule has 1 amide bonds. The van der Waals surface area contributed by atoms with Gasteiger partial charge in [0.25, 0.3) is 10.0 Å². The lowest BCUT2D eigenvalue weighted by Crippen LogP contribution is -2.27. The molecule has 28 heavy (non-hydrogen) atoms. The summed E-state index contributed by atoms with van der Waals surface area (Å²) in [6.07, 6.45) is 1.91. The Bertz CT molecular complexity index is 1100. The molecule has 0 unspecified atom stereocenters. The lowest BCUT2D eigenvalue weighted by atomic mass is 10.3. The summed E-state index contributed by atoms with van der Waals surface area (Å²) in [7, 11) is -3.77. The van der Waals surface area contributed by atoms with E-state index in [0.29, 0.717) is 29.4 Å². The minimum atomic E-state index is -3.77. The van der Waals surface area contributed by atoms with Crippen LogP contribution < -0.4 is 4.72 Å². The molecule has 1 aliphatic heterocycles. The third-order valence-corrected chi connectivity index (χ3v) is 7.27. The SMILES string of the molecule is O=C(c1nc(-c2csc(S(=O)(=O)Nc3ccc(Cl)cc3)c2)no1)N1CCCC1. The summed E-state index contributed by atoms with van der Waals surface area (Å²) in [5.74, 6) is -0.220. The molecule has 146 valence electrons. The number of halogens is 1. The second-order valence-corrected chi connectivity index (χ2v) is 9.45. The molecule has 1 saturated heterocycles. The van der Waals surface area contributed by atoms with Crippen molar-refractivity contribution >= 4 is 44.6 Å². The Morgan fingerprint density at radius 2 is 1.93 bits per heavy atom. The van der Waals surface area contributed by atoms with Gasteiger partial charge in [-0.2, -0.15) is 4.98 Å². The second kappa shape index (κ2) is 7.53. The van der Waals surface area contributed by atoms with Gasteiger partial charge in [0.1, 0.15) is 4.21 Å². The summed E-state index contributed by atoms with van der Waals surface area (Å²) in [4.78, 5) is 18.1. The lowest BCUT2D eigenvalue weighted by molar-refractivity contribution is 0.0743. The van der Waals surface area contributed by atoms with Crippen LogP contribution in [0.25, 0.3) is 11.4 Å². The highest BCUT2D eigenvalue weighted by atomic mass is 35.5. The highest BCUT2D eigenvalue weighted by Gasteiger charge is 2.26. The fourth-order valence-electron chi connectivity index (χ4n) is 2.78. The molecule has 11 heteroatoms.